The molecule has 1 amide bonds. The molecule has 1 heterocycles. The summed E-state index contributed by atoms with van der Waals surface area (Å²) in [5.41, 5.74) is 0. The number of amides is 1. The van der Waals surface area contributed by atoms with Gasteiger partial charge in [0.05, 0.1) is 23.2 Å². The molecule has 0 bridgehead atoms. The normalized spacial score (nSPS) is 24.1. The Morgan fingerprint density at radius 2 is 1.64 bits per heavy atom. The van der Waals surface area contributed by atoms with Crippen molar-refractivity contribution in [3.05, 3.63) is 24.0 Å². The van der Waals surface area contributed by atoms with Crippen molar-refractivity contribution in [3.8, 4) is 5.75 Å². The lowest BCUT2D eigenvalue weighted by molar-refractivity contribution is -0.0643. The van der Waals surface area contributed by atoms with Crippen molar-refractivity contribution in [2.45, 2.75) is 61.7 Å². The first-order valence-electron chi connectivity index (χ1n) is 9.52. The number of piperidine rings is 1. The lowest BCUT2D eigenvalue weighted by atomic mass is 9.94. The first-order chi connectivity index (χ1) is 13.2. The summed E-state index contributed by atoms with van der Waals surface area (Å²) >= 11 is 0. The second-order valence-electron chi connectivity index (χ2n) is 7.49. The maximum atomic E-state index is 14.1. The molecule has 0 aromatic heterocycles. The molecule has 2 fully saturated rings. The summed E-state index contributed by atoms with van der Waals surface area (Å²) in [4.78, 5) is 12.3. The molecule has 28 heavy (non-hydrogen) atoms. The standard InChI is InChI=1S/C19H26FNO6S/c1-28(24,25)16-6-7-18(17(20)12-16)27-14-4-2-13(3-5-14)26-15-8-10-21(11-9-15)19(22)23/h6-7,12-15H,2-5,8-11H2,1H3,(H,22,23)/t13-,14-. The zero-order chi connectivity index (χ0) is 20.3. The van der Waals surface area contributed by atoms with Crippen LogP contribution in [0.3, 0.4) is 0 Å². The molecule has 1 aliphatic carbocycles. The zero-order valence-corrected chi connectivity index (χ0v) is 16.7. The number of hydrogen-bond acceptors (Lipinski definition) is 5. The van der Waals surface area contributed by atoms with Gasteiger partial charge in [-0.25, -0.2) is 17.6 Å². The third-order valence-electron chi connectivity index (χ3n) is 5.34. The van der Waals surface area contributed by atoms with Crippen molar-refractivity contribution in [2.24, 2.45) is 0 Å². The molecule has 1 aliphatic heterocycles. The largest absolute Gasteiger partial charge is 0.487 e. The van der Waals surface area contributed by atoms with Crippen molar-refractivity contribution in [1.82, 2.24) is 4.90 Å². The molecule has 156 valence electrons. The smallest absolute Gasteiger partial charge is 0.407 e. The summed E-state index contributed by atoms with van der Waals surface area (Å²) in [5, 5.41) is 8.99. The molecule has 3 rings (SSSR count). The van der Waals surface area contributed by atoms with Crippen LogP contribution in [-0.2, 0) is 14.6 Å². The van der Waals surface area contributed by atoms with E-state index in [4.69, 9.17) is 14.6 Å². The summed E-state index contributed by atoms with van der Waals surface area (Å²) in [5.74, 6) is -0.607. The van der Waals surface area contributed by atoms with Gasteiger partial charge in [-0.3, -0.25) is 0 Å². The summed E-state index contributed by atoms with van der Waals surface area (Å²) in [7, 11) is -3.45. The average molecular weight is 415 g/mol. The van der Waals surface area contributed by atoms with E-state index in [-0.39, 0.29) is 29.0 Å². The number of nitrogens with zero attached hydrogens (tertiary/aromatic N) is 1. The lowest BCUT2D eigenvalue weighted by Gasteiger charge is -2.35. The fraction of sp³-hybridized carbons (Fsp3) is 0.632. The number of carbonyl (C=O) groups is 1. The van der Waals surface area contributed by atoms with Crippen molar-refractivity contribution in [1.29, 1.82) is 0 Å². The first kappa shape index (κ1) is 20.9. The number of halogens is 1. The SMILES string of the molecule is CS(=O)(=O)c1ccc(O[C@H]2CC[C@H](OC3CCN(C(=O)O)CC3)CC2)c(F)c1. The lowest BCUT2D eigenvalue weighted by Crippen LogP contribution is -2.41. The Bertz CT molecular complexity index is 799. The zero-order valence-electron chi connectivity index (χ0n) is 15.8. The van der Waals surface area contributed by atoms with Crippen molar-refractivity contribution in [2.75, 3.05) is 19.3 Å². The van der Waals surface area contributed by atoms with Gasteiger partial charge in [0.15, 0.2) is 21.4 Å². The van der Waals surface area contributed by atoms with E-state index in [0.717, 1.165) is 38.0 Å². The van der Waals surface area contributed by atoms with Gasteiger partial charge in [-0.15, -0.1) is 0 Å². The number of benzene rings is 1. The molecule has 0 radical (unpaired) electrons. The molecular formula is C19H26FNO6S. The van der Waals surface area contributed by atoms with E-state index >= 15 is 0 Å². The van der Waals surface area contributed by atoms with Gasteiger partial charge in [-0.1, -0.05) is 0 Å². The Morgan fingerprint density at radius 3 is 2.18 bits per heavy atom. The average Bonchev–Trinajstić information content (AvgIpc) is 2.64. The molecule has 9 heteroatoms. The fourth-order valence-corrected chi connectivity index (χ4v) is 4.36. The molecule has 1 aromatic rings. The number of carboxylic acid groups (broad SMARTS) is 1. The van der Waals surface area contributed by atoms with E-state index < -0.39 is 21.7 Å². The summed E-state index contributed by atoms with van der Waals surface area (Å²) in [6.07, 6.45) is 4.69. The number of hydrogen-bond donors (Lipinski definition) is 1. The summed E-state index contributed by atoms with van der Waals surface area (Å²) in [6, 6.07) is 3.71. The van der Waals surface area contributed by atoms with Crippen LogP contribution < -0.4 is 4.74 Å². The predicted octanol–water partition coefficient (Wildman–Crippen LogP) is 3.08. The monoisotopic (exact) mass is 415 g/mol. The van der Waals surface area contributed by atoms with Crippen LogP contribution in [0.5, 0.6) is 5.75 Å². The van der Waals surface area contributed by atoms with Gasteiger partial charge in [-0.2, -0.15) is 0 Å². The van der Waals surface area contributed by atoms with Crippen molar-refractivity contribution >= 4 is 15.9 Å². The van der Waals surface area contributed by atoms with Gasteiger partial charge in [0.1, 0.15) is 0 Å². The van der Waals surface area contributed by atoms with Gasteiger partial charge in [0, 0.05) is 19.3 Å². The fourth-order valence-electron chi connectivity index (χ4n) is 3.73. The third-order valence-corrected chi connectivity index (χ3v) is 6.45. The van der Waals surface area contributed by atoms with Crippen LogP contribution in [0, 0.1) is 5.82 Å². The number of ether oxygens (including phenoxy) is 2. The second kappa shape index (κ2) is 8.65. The highest BCUT2D eigenvalue weighted by Crippen LogP contribution is 2.29. The van der Waals surface area contributed by atoms with Gasteiger partial charge in [-0.05, 0) is 56.7 Å². The highest BCUT2D eigenvalue weighted by atomic mass is 32.2. The van der Waals surface area contributed by atoms with E-state index in [1.807, 2.05) is 0 Å². The Morgan fingerprint density at radius 1 is 1.07 bits per heavy atom. The van der Waals surface area contributed by atoms with Crippen LogP contribution >= 0.6 is 0 Å². The number of likely N-dealkylation sites (tertiary alicyclic amines) is 1. The maximum Gasteiger partial charge on any atom is 0.407 e. The maximum absolute atomic E-state index is 14.1. The van der Waals surface area contributed by atoms with Crippen LogP contribution in [0.4, 0.5) is 9.18 Å². The van der Waals surface area contributed by atoms with Crippen molar-refractivity contribution < 1.29 is 32.2 Å². The molecule has 1 saturated heterocycles. The van der Waals surface area contributed by atoms with E-state index in [9.17, 15) is 17.6 Å². The minimum absolute atomic E-state index is 0.0663. The molecule has 1 aromatic carbocycles. The van der Waals surface area contributed by atoms with Crippen molar-refractivity contribution in [3.63, 3.8) is 0 Å². The number of rotatable bonds is 5. The van der Waals surface area contributed by atoms with Crippen LogP contribution in [0.15, 0.2) is 23.1 Å². The van der Waals surface area contributed by atoms with Gasteiger partial charge in [0.2, 0.25) is 0 Å². The van der Waals surface area contributed by atoms with Crippen LogP contribution in [-0.4, -0.2) is 62.2 Å². The first-order valence-corrected chi connectivity index (χ1v) is 11.4. The predicted molar refractivity (Wildman–Crippen MR) is 99.9 cm³/mol. The van der Waals surface area contributed by atoms with Gasteiger partial charge in [0.25, 0.3) is 0 Å². The summed E-state index contributed by atoms with van der Waals surface area (Å²) < 4.78 is 49.0. The van der Waals surface area contributed by atoms with E-state index in [2.05, 4.69) is 0 Å². The van der Waals surface area contributed by atoms with Crippen LogP contribution in [0.25, 0.3) is 0 Å². The van der Waals surface area contributed by atoms with E-state index in [1.54, 1.807) is 0 Å². The third kappa shape index (κ3) is 5.35. The number of sulfone groups is 1. The Balaban J connectivity index is 1.45. The summed E-state index contributed by atoms with van der Waals surface area (Å²) in [6.45, 7) is 1.00. The highest BCUT2D eigenvalue weighted by Gasteiger charge is 2.29. The molecule has 1 saturated carbocycles. The molecular weight excluding hydrogens is 389 g/mol. The second-order valence-corrected chi connectivity index (χ2v) is 9.50. The Hall–Kier alpha value is -1.87. The molecule has 0 spiro atoms. The minimum Gasteiger partial charge on any atom is -0.487 e. The molecule has 2 aliphatic rings. The Labute approximate surface area is 164 Å². The molecule has 0 unspecified atom stereocenters. The quantitative estimate of drug-likeness (QED) is 0.794. The van der Waals surface area contributed by atoms with E-state index in [0.29, 0.717) is 25.9 Å². The molecule has 7 nitrogen and oxygen atoms in total. The topological polar surface area (TPSA) is 93.1 Å². The Kier molecular flexibility index (Phi) is 6.44. The molecule has 1 N–H and O–H groups in total. The van der Waals surface area contributed by atoms with Crippen LogP contribution in [0.2, 0.25) is 0 Å². The highest BCUT2D eigenvalue weighted by molar-refractivity contribution is 7.90. The van der Waals surface area contributed by atoms with Gasteiger partial charge >= 0.3 is 6.09 Å². The van der Waals surface area contributed by atoms with E-state index in [1.165, 1.54) is 17.0 Å². The van der Waals surface area contributed by atoms with Crippen LogP contribution in [0.1, 0.15) is 38.5 Å². The van der Waals surface area contributed by atoms with Gasteiger partial charge < -0.3 is 19.5 Å². The minimum atomic E-state index is -3.45. The molecule has 0 atom stereocenters.